The molecule has 2 nitrogen and oxygen atoms in total. The Kier molecular flexibility index (Phi) is 5.59. The lowest BCUT2D eigenvalue weighted by molar-refractivity contribution is -0.150. The summed E-state index contributed by atoms with van der Waals surface area (Å²) in [4.78, 5) is 12.0. The van der Waals surface area contributed by atoms with Crippen LogP contribution in [-0.2, 0) is 9.53 Å². The van der Waals surface area contributed by atoms with Gasteiger partial charge in [0, 0.05) is 0 Å². The average Bonchev–Trinajstić information content (AvgIpc) is 2.40. The highest BCUT2D eigenvalue weighted by Crippen LogP contribution is 2.45. The Hall–Kier alpha value is -1.31. The molecule has 0 fully saturated rings. The maximum Gasteiger partial charge on any atom is 0.309 e. The molecule has 0 amide bonds. The summed E-state index contributed by atoms with van der Waals surface area (Å²) in [6.07, 6.45) is 1.83. The topological polar surface area (TPSA) is 26.3 Å². The smallest absolute Gasteiger partial charge is 0.309 e. The molecule has 0 spiro atoms. The number of carbonyl (C=O) groups excluding carboxylic acids is 1. The second-order valence-corrected chi connectivity index (χ2v) is 5.68. The fraction of sp³-hybridized carbons (Fsp3) is 0.588. The molecule has 0 aliphatic carbocycles. The summed E-state index contributed by atoms with van der Waals surface area (Å²) in [5, 5.41) is 0. The predicted molar refractivity (Wildman–Crippen MR) is 79.1 cm³/mol. The average molecular weight is 262 g/mol. The maximum absolute atomic E-state index is 12.0. The van der Waals surface area contributed by atoms with E-state index in [0.29, 0.717) is 5.92 Å². The first-order chi connectivity index (χ1) is 8.98. The highest BCUT2D eigenvalue weighted by molar-refractivity contribution is 5.73. The second kappa shape index (κ2) is 6.74. The summed E-state index contributed by atoms with van der Waals surface area (Å²) in [5.74, 6) is 0.197. The molecule has 2 heteroatoms. The summed E-state index contributed by atoms with van der Waals surface area (Å²) >= 11 is 0. The molecule has 0 aliphatic heterocycles. The van der Waals surface area contributed by atoms with Gasteiger partial charge in [0.15, 0.2) is 0 Å². The molecule has 0 saturated carbocycles. The Labute approximate surface area is 117 Å². The highest BCUT2D eigenvalue weighted by Gasteiger charge is 2.40. The van der Waals surface area contributed by atoms with Crippen molar-refractivity contribution in [3.8, 4) is 0 Å². The number of hydrogen-bond acceptors (Lipinski definition) is 2. The van der Waals surface area contributed by atoms with E-state index in [1.54, 1.807) is 0 Å². The number of esters is 1. The molecule has 0 radical (unpaired) electrons. The zero-order valence-electron chi connectivity index (χ0n) is 12.8. The number of methoxy groups -OCH3 is 1. The minimum Gasteiger partial charge on any atom is -0.469 e. The highest BCUT2D eigenvalue weighted by atomic mass is 16.5. The van der Waals surface area contributed by atoms with Gasteiger partial charge in [-0.3, -0.25) is 4.79 Å². The minimum absolute atomic E-state index is 0.0670. The van der Waals surface area contributed by atoms with Crippen LogP contribution in [0.4, 0.5) is 0 Å². The molecular formula is C17H26O2. The van der Waals surface area contributed by atoms with E-state index in [1.807, 2.05) is 6.07 Å². The summed E-state index contributed by atoms with van der Waals surface area (Å²) in [7, 11) is 1.48. The zero-order valence-corrected chi connectivity index (χ0v) is 12.8. The van der Waals surface area contributed by atoms with Crippen molar-refractivity contribution in [1.29, 1.82) is 0 Å². The molecule has 2 atom stereocenters. The van der Waals surface area contributed by atoms with Crippen LogP contribution in [0.15, 0.2) is 30.3 Å². The predicted octanol–water partition coefficient (Wildman–Crippen LogP) is 4.41. The molecule has 1 rings (SSSR count). The van der Waals surface area contributed by atoms with Crippen LogP contribution >= 0.6 is 0 Å². The van der Waals surface area contributed by atoms with Gasteiger partial charge in [0.05, 0.1) is 13.0 Å². The van der Waals surface area contributed by atoms with Crippen LogP contribution in [0.3, 0.4) is 0 Å². The van der Waals surface area contributed by atoms with Crippen molar-refractivity contribution in [3.05, 3.63) is 35.9 Å². The first-order valence-electron chi connectivity index (χ1n) is 7.11. The Balaban J connectivity index is 3.10. The molecule has 19 heavy (non-hydrogen) atoms. The molecule has 0 aromatic heterocycles. The molecular weight excluding hydrogens is 236 g/mol. The molecule has 2 unspecified atom stereocenters. The number of benzene rings is 1. The van der Waals surface area contributed by atoms with Crippen LogP contribution in [0.5, 0.6) is 0 Å². The van der Waals surface area contributed by atoms with E-state index in [0.717, 1.165) is 12.8 Å². The van der Waals surface area contributed by atoms with Gasteiger partial charge in [-0.2, -0.15) is 0 Å². The zero-order chi connectivity index (χ0) is 14.5. The van der Waals surface area contributed by atoms with Gasteiger partial charge in [0.25, 0.3) is 0 Å². The van der Waals surface area contributed by atoms with Crippen LogP contribution in [0.2, 0.25) is 0 Å². The van der Waals surface area contributed by atoms with Gasteiger partial charge in [0.2, 0.25) is 0 Å². The molecule has 106 valence electrons. The molecule has 0 aliphatic rings. The number of hydrogen-bond donors (Lipinski definition) is 0. The van der Waals surface area contributed by atoms with Crippen molar-refractivity contribution in [3.63, 3.8) is 0 Å². The summed E-state index contributed by atoms with van der Waals surface area (Å²) < 4.78 is 4.98. The number of rotatable bonds is 6. The van der Waals surface area contributed by atoms with Crippen molar-refractivity contribution >= 4 is 5.97 Å². The van der Waals surface area contributed by atoms with Crippen LogP contribution < -0.4 is 0 Å². The molecule has 0 N–H and O–H groups in total. The van der Waals surface area contributed by atoms with E-state index >= 15 is 0 Å². The monoisotopic (exact) mass is 262 g/mol. The molecule has 0 heterocycles. The van der Waals surface area contributed by atoms with E-state index in [-0.39, 0.29) is 17.3 Å². The van der Waals surface area contributed by atoms with Gasteiger partial charge < -0.3 is 4.74 Å². The van der Waals surface area contributed by atoms with Crippen molar-refractivity contribution in [1.82, 2.24) is 0 Å². The third-order valence-electron chi connectivity index (χ3n) is 4.30. The number of carbonyl (C=O) groups is 1. The summed E-state index contributed by atoms with van der Waals surface area (Å²) in [5.41, 5.74) is 1.19. The lowest BCUT2D eigenvalue weighted by Crippen LogP contribution is -2.36. The summed E-state index contributed by atoms with van der Waals surface area (Å²) in [6, 6.07) is 10.5. The molecule has 0 bridgehead atoms. The first-order valence-corrected chi connectivity index (χ1v) is 7.11. The number of ether oxygens (including phenoxy) is 1. The van der Waals surface area contributed by atoms with Gasteiger partial charge in [0.1, 0.15) is 0 Å². The van der Waals surface area contributed by atoms with Crippen molar-refractivity contribution in [2.75, 3.05) is 7.11 Å². The molecule has 1 aromatic carbocycles. The van der Waals surface area contributed by atoms with Crippen molar-refractivity contribution in [2.45, 2.75) is 46.5 Å². The molecule has 0 saturated heterocycles. The first kappa shape index (κ1) is 15.7. The van der Waals surface area contributed by atoms with Gasteiger partial charge in [-0.05, 0) is 29.7 Å². The molecule has 1 aromatic rings. The van der Waals surface area contributed by atoms with E-state index in [9.17, 15) is 4.79 Å². The van der Waals surface area contributed by atoms with Crippen LogP contribution in [0.25, 0.3) is 0 Å². The van der Waals surface area contributed by atoms with E-state index in [4.69, 9.17) is 4.74 Å². The lowest BCUT2D eigenvalue weighted by Gasteiger charge is -2.39. The Bertz CT molecular complexity index is 395. The third kappa shape index (κ3) is 3.37. The van der Waals surface area contributed by atoms with Crippen LogP contribution in [0, 0.1) is 11.3 Å². The van der Waals surface area contributed by atoms with Gasteiger partial charge in [-0.1, -0.05) is 58.0 Å². The maximum atomic E-state index is 12.0. The Morgan fingerprint density at radius 2 is 1.74 bits per heavy atom. The van der Waals surface area contributed by atoms with Crippen molar-refractivity contribution in [2.24, 2.45) is 11.3 Å². The SMILES string of the molecule is CCC(C(=O)OC)C(C)(C)C(CC)c1ccccc1. The van der Waals surface area contributed by atoms with Gasteiger partial charge in [-0.25, -0.2) is 0 Å². The normalized spacial score (nSPS) is 14.8. The van der Waals surface area contributed by atoms with E-state index in [2.05, 4.69) is 52.0 Å². The standard InChI is InChI=1S/C17H26O2/c1-6-14(13-11-9-8-10-12-13)17(3,4)15(7-2)16(18)19-5/h8-12,14-15H,6-7H2,1-5H3. The fourth-order valence-corrected chi connectivity index (χ4v) is 3.26. The van der Waals surface area contributed by atoms with Crippen LogP contribution in [0.1, 0.15) is 52.0 Å². The van der Waals surface area contributed by atoms with Crippen LogP contribution in [-0.4, -0.2) is 13.1 Å². The fourth-order valence-electron chi connectivity index (χ4n) is 3.26. The lowest BCUT2D eigenvalue weighted by atomic mass is 9.65. The Morgan fingerprint density at radius 3 is 2.16 bits per heavy atom. The van der Waals surface area contributed by atoms with Crippen molar-refractivity contribution < 1.29 is 9.53 Å². The minimum atomic E-state index is -0.113. The third-order valence-corrected chi connectivity index (χ3v) is 4.30. The largest absolute Gasteiger partial charge is 0.469 e. The van der Waals surface area contributed by atoms with Gasteiger partial charge >= 0.3 is 5.97 Å². The second-order valence-electron chi connectivity index (χ2n) is 5.68. The van der Waals surface area contributed by atoms with E-state index < -0.39 is 0 Å². The Morgan fingerprint density at radius 1 is 1.16 bits per heavy atom. The van der Waals surface area contributed by atoms with E-state index in [1.165, 1.54) is 12.7 Å². The summed E-state index contributed by atoms with van der Waals surface area (Å²) in [6.45, 7) is 8.60. The quantitative estimate of drug-likeness (QED) is 0.710. The van der Waals surface area contributed by atoms with Gasteiger partial charge in [-0.15, -0.1) is 0 Å².